The molecule has 202 valence electrons. The highest BCUT2D eigenvalue weighted by atomic mass is 32.2. The number of amides is 1. The Kier molecular flexibility index (Phi) is 7.36. The first-order valence-electron chi connectivity index (χ1n) is 13.6. The smallest absolute Gasteiger partial charge is 0.253 e. The van der Waals surface area contributed by atoms with Crippen LogP contribution in [0, 0.1) is 5.92 Å². The van der Waals surface area contributed by atoms with Crippen LogP contribution in [0.25, 0.3) is 0 Å². The number of carbonyl (C=O) groups excluding carboxylic acids is 1. The molecule has 3 aromatic rings. The topological polar surface area (TPSA) is 69.6 Å². The number of fused-ring (bicyclic) bond motifs is 4. The Morgan fingerprint density at radius 3 is 2.62 bits per heavy atom. The number of carbonyl (C=O) groups is 1. The lowest BCUT2D eigenvalue weighted by Crippen LogP contribution is -2.47. The van der Waals surface area contributed by atoms with Crippen LogP contribution in [0.3, 0.4) is 0 Å². The van der Waals surface area contributed by atoms with Crippen molar-refractivity contribution in [3.8, 4) is 0 Å². The lowest BCUT2D eigenvalue weighted by atomic mass is 9.83. The second kappa shape index (κ2) is 11.1. The fourth-order valence-electron chi connectivity index (χ4n) is 6.23. The van der Waals surface area contributed by atoms with Crippen LogP contribution in [0.5, 0.6) is 0 Å². The molecule has 3 aliphatic heterocycles. The van der Waals surface area contributed by atoms with Gasteiger partial charge in [0.1, 0.15) is 0 Å². The standard InChI is InChI=1S/C30H33N5O2S2/c1-39-24-7-4-6-23(16-24)31-30(38)32-25-15-21(29(37)33-12-2-3-13-33)10-11-27(25)34-17-20-14-22(19-34)26-8-5-9-28(36)35(26)18-20/h4-11,15-16,20,22H,2-3,12-14,17-19H2,1H3,(H2,31,32,38). The molecule has 7 nitrogen and oxygen atoms in total. The van der Waals surface area contributed by atoms with Crippen LogP contribution >= 0.6 is 24.0 Å². The van der Waals surface area contributed by atoms with E-state index < -0.39 is 0 Å². The van der Waals surface area contributed by atoms with Gasteiger partial charge in [-0.3, -0.25) is 9.59 Å². The number of hydrogen-bond donors (Lipinski definition) is 2. The summed E-state index contributed by atoms with van der Waals surface area (Å²) < 4.78 is 1.95. The van der Waals surface area contributed by atoms with Crippen LogP contribution < -0.4 is 21.1 Å². The van der Waals surface area contributed by atoms with Crippen molar-refractivity contribution in [2.75, 3.05) is 48.0 Å². The van der Waals surface area contributed by atoms with Crippen molar-refractivity contribution in [2.24, 2.45) is 5.92 Å². The van der Waals surface area contributed by atoms with Crippen LogP contribution in [0.15, 0.2) is 70.4 Å². The molecular formula is C30H33N5O2S2. The molecule has 2 N–H and O–H groups in total. The van der Waals surface area contributed by atoms with Gasteiger partial charge >= 0.3 is 0 Å². The van der Waals surface area contributed by atoms with Crippen LogP contribution in [-0.4, -0.2) is 52.9 Å². The third kappa shape index (κ3) is 5.43. The number of rotatable bonds is 5. The number of pyridine rings is 1. The molecule has 1 amide bonds. The van der Waals surface area contributed by atoms with Gasteiger partial charge in [0.2, 0.25) is 0 Å². The number of thiocarbonyl (C=S) groups is 1. The summed E-state index contributed by atoms with van der Waals surface area (Å²) in [6.45, 7) is 4.01. The Morgan fingerprint density at radius 2 is 1.79 bits per heavy atom. The molecule has 6 rings (SSSR count). The number of thioether (sulfide) groups is 1. The van der Waals surface area contributed by atoms with Crippen LogP contribution in [-0.2, 0) is 6.54 Å². The molecule has 4 heterocycles. The van der Waals surface area contributed by atoms with Crippen molar-refractivity contribution < 1.29 is 4.79 Å². The van der Waals surface area contributed by atoms with Gasteiger partial charge < -0.3 is 25.0 Å². The fourth-order valence-corrected chi connectivity index (χ4v) is 6.91. The maximum absolute atomic E-state index is 13.3. The third-order valence-corrected chi connectivity index (χ3v) is 8.96. The number of hydrogen-bond acceptors (Lipinski definition) is 5. The number of anilines is 3. The first-order chi connectivity index (χ1) is 19.0. The van der Waals surface area contributed by atoms with Crippen molar-refractivity contribution in [1.82, 2.24) is 9.47 Å². The largest absolute Gasteiger partial charge is 0.369 e. The zero-order valence-corrected chi connectivity index (χ0v) is 23.7. The zero-order chi connectivity index (χ0) is 26.9. The number of aromatic nitrogens is 1. The SMILES string of the molecule is CSc1cccc(NC(=S)Nc2cc(C(=O)N3CCCC3)ccc2N2CC3CC(C2)c2cccc(=O)n2C3)c1. The second-order valence-corrected chi connectivity index (χ2v) is 11.9. The summed E-state index contributed by atoms with van der Waals surface area (Å²) in [6.07, 6.45) is 5.24. The summed E-state index contributed by atoms with van der Waals surface area (Å²) in [5.74, 6) is 0.733. The summed E-state index contributed by atoms with van der Waals surface area (Å²) in [5, 5.41) is 7.21. The highest BCUT2D eigenvalue weighted by Gasteiger charge is 2.35. The Bertz CT molecular complexity index is 1470. The van der Waals surface area contributed by atoms with E-state index in [1.54, 1.807) is 17.8 Å². The molecule has 9 heteroatoms. The van der Waals surface area contributed by atoms with Crippen molar-refractivity contribution in [2.45, 2.75) is 36.6 Å². The van der Waals surface area contributed by atoms with Gasteiger partial charge in [-0.25, -0.2) is 0 Å². The summed E-state index contributed by atoms with van der Waals surface area (Å²) in [6, 6.07) is 19.7. The molecule has 2 bridgehead atoms. The zero-order valence-electron chi connectivity index (χ0n) is 22.1. The summed E-state index contributed by atoms with van der Waals surface area (Å²) in [7, 11) is 0. The van der Waals surface area contributed by atoms with Gasteiger partial charge in [-0.2, -0.15) is 0 Å². The van der Waals surface area contributed by atoms with Gasteiger partial charge in [0.15, 0.2) is 5.11 Å². The van der Waals surface area contributed by atoms with E-state index in [-0.39, 0.29) is 17.4 Å². The predicted molar refractivity (Wildman–Crippen MR) is 163 cm³/mol. The first-order valence-corrected chi connectivity index (χ1v) is 15.2. The molecule has 2 unspecified atom stereocenters. The quantitative estimate of drug-likeness (QED) is 0.327. The molecule has 0 spiro atoms. The average molecular weight is 560 g/mol. The number of likely N-dealkylation sites (tertiary alicyclic amines) is 1. The van der Waals surface area contributed by atoms with Crippen molar-refractivity contribution in [3.05, 3.63) is 82.3 Å². The minimum absolute atomic E-state index is 0.0671. The lowest BCUT2D eigenvalue weighted by Gasteiger charge is -2.44. The van der Waals surface area contributed by atoms with Crippen molar-refractivity contribution >= 4 is 52.1 Å². The highest BCUT2D eigenvalue weighted by molar-refractivity contribution is 7.98. The maximum atomic E-state index is 13.3. The molecule has 2 atom stereocenters. The number of benzene rings is 2. The fraction of sp³-hybridized carbons (Fsp3) is 0.367. The maximum Gasteiger partial charge on any atom is 0.253 e. The van der Waals surface area contributed by atoms with Gasteiger partial charge in [0, 0.05) is 66.5 Å². The molecule has 1 aromatic heterocycles. The Hall–Kier alpha value is -3.30. The summed E-state index contributed by atoms with van der Waals surface area (Å²) >= 11 is 7.42. The van der Waals surface area contributed by atoms with E-state index in [1.807, 2.05) is 46.1 Å². The van der Waals surface area contributed by atoms with E-state index in [0.717, 1.165) is 79.6 Å². The number of piperidine rings is 1. The third-order valence-electron chi connectivity index (χ3n) is 8.03. The number of nitrogens with one attached hydrogen (secondary N) is 2. The predicted octanol–water partition coefficient (Wildman–Crippen LogP) is 5.24. The first kappa shape index (κ1) is 26.0. The monoisotopic (exact) mass is 559 g/mol. The van der Waals surface area contributed by atoms with Gasteiger partial charge in [0.25, 0.3) is 11.5 Å². The summed E-state index contributed by atoms with van der Waals surface area (Å²) in [4.78, 5) is 31.2. The minimum Gasteiger partial charge on any atom is -0.369 e. The van der Waals surface area contributed by atoms with E-state index in [0.29, 0.717) is 16.6 Å². The van der Waals surface area contributed by atoms with Crippen molar-refractivity contribution in [1.29, 1.82) is 0 Å². The molecular weight excluding hydrogens is 526 g/mol. The van der Waals surface area contributed by atoms with Gasteiger partial charge in [-0.15, -0.1) is 11.8 Å². The summed E-state index contributed by atoms with van der Waals surface area (Å²) in [5.41, 5.74) is 4.64. The minimum atomic E-state index is 0.0671. The molecule has 2 aromatic carbocycles. The van der Waals surface area contributed by atoms with E-state index in [4.69, 9.17) is 12.2 Å². The van der Waals surface area contributed by atoms with Crippen LogP contribution in [0.4, 0.5) is 17.1 Å². The number of nitrogens with zero attached hydrogens (tertiary/aromatic N) is 3. The van der Waals surface area contributed by atoms with Crippen LogP contribution in [0.2, 0.25) is 0 Å². The molecule has 2 fully saturated rings. The molecule has 0 saturated carbocycles. The molecule has 0 aliphatic carbocycles. The lowest BCUT2D eigenvalue weighted by molar-refractivity contribution is 0.0793. The Balaban J connectivity index is 1.29. The molecule has 0 radical (unpaired) electrons. The highest BCUT2D eigenvalue weighted by Crippen LogP contribution is 2.39. The van der Waals surface area contributed by atoms with E-state index in [9.17, 15) is 9.59 Å². The van der Waals surface area contributed by atoms with Gasteiger partial charge in [-0.05, 0) is 86.1 Å². The normalized spacial score (nSPS) is 19.9. The van der Waals surface area contributed by atoms with Gasteiger partial charge in [0.05, 0.1) is 11.4 Å². The van der Waals surface area contributed by atoms with Crippen LogP contribution in [0.1, 0.15) is 41.2 Å². The van der Waals surface area contributed by atoms with Gasteiger partial charge in [-0.1, -0.05) is 12.1 Å². The molecule has 3 aliphatic rings. The average Bonchev–Trinajstić information content (AvgIpc) is 3.48. The molecule has 2 saturated heterocycles. The van der Waals surface area contributed by atoms with E-state index in [1.165, 1.54) is 0 Å². The van der Waals surface area contributed by atoms with Crippen molar-refractivity contribution in [3.63, 3.8) is 0 Å². The Morgan fingerprint density at radius 1 is 0.974 bits per heavy atom. The molecule has 39 heavy (non-hydrogen) atoms. The second-order valence-electron chi connectivity index (χ2n) is 10.6. The van der Waals surface area contributed by atoms with E-state index in [2.05, 4.69) is 39.8 Å². The van der Waals surface area contributed by atoms with E-state index >= 15 is 0 Å². The Labute approximate surface area is 238 Å².